The Morgan fingerprint density at radius 1 is 1.25 bits per heavy atom. The van der Waals surface area contributed by atoms with E-state index in [0.29, 0.717) is 12.3 Å². The van der Waals surface area contributed by atoms with Crippen LogP contribution in [0.4, 0.5) is 5.69 Å². The molecule has 0 radical (unpaired) electrons. The van der Waals surface area contributed by atoms with Gasteiger partial charge in [0.05, 0.1) is 0 Å². The van der Waals surface area contributed by atoms with E-state index in [-0.39, 0.29) is 5.91 Å². The molecule has 2 rings (SSSR count). The zero-order valence-corrected chi connectivity index (χ0v) is 9.32. The van der Waals surface area contributed by atoms with E-state index in [1.165, 1.54) is 0 Å². The van der Waals surface area contributed by atoms with Gasteiger partial charge in [0, 0.05) is 25.3 Å². The number of ether oxygens (including phenoxy) is 1. The lowest BCUT2D eigenvalue weighted by atomic mass is 9.96. The molecule has 16 heavy (non-hydrogen) atoms. The number of amides is 1. The Morgan fingerprint density at radius 3 is 2.62 bits per heavy atom. The Morgan fingerprint density at radius 2 is 1.94 bits per heavy atom. The van der Waals surface area contributed by atoms with Crippen molar-refractivity contribution in [3.8, 4) is 0 Å². The molecule has 0 unspecified atom stereocenters. The lowest BCUT2D eigenvalue weighted by molar-refractivity contribution is -0.117. The van der Waals surface area contributed by atoms with E-state index in [4.69, 9.17) is 4.74 Å². The highest BCUT2D eigenvalue weighted by Gasteiger charge is 2.17. The quantitative estimate of drug-likeness (QED) is 0.848. The highest BCUT2D eigenvalue weighted by atomic mass is 16.5. The molecule has 86 valence electrons. The largest absolute Gasteiger partial charge is 0.381 e. The standard InChI is InChI=1S/C13H17NO2/c15-13(10-11-6-8-16-9-7-11)14-12-4-2-1-3-5-12/h1-5,11H,6-10H2,(H,14,15). The number of nitrogens with one attached hydrogen (secondary N) is 1. The van der Waals surface area contributed by atoms with Gasteiger partial charge in [-0.15, -0.1) is 0 Å². The van der Waals surface area contributed by atoms with Gasteiger partial charge in [0.15, 0.2) is 0 Å². The third-order valence-electron chi connectivity index (χ3n) is 2.87. The molecule has 1 fully saturated rings. The number of hydrogen-bond acceptors (Lipinski definition) is 2. The molecule has 1 N–H and O–H groups in total. The fourth-order valence-corrected chi connectivity index (χ4v) is 1.95. The van der Waals surface area contributed by atoms with Crippen molar-refractivity contribution in [2.24, 2.45) is 5.92 Å². The summed E-state index contributed by atoms with van der Waals surface area (Å²) in [6.45, 7) is 1.59. The van der Waals surface area contributed by atoms with Gasteiger partial charge >= 0.3 is 0 Å². The van der Waals surface area contributed by atoms with E-state index in [1.54, 1.807) is 0 Å². The SMILES string of the molecule is O=C(CC1CCOCC1)Nc1ccccc1. The predicted octanol–water partition coefficient (Wildman–Crippen LogP) is 2.44. The molecule has 3 heteroatoms. The average molecular weight is 219 g/mol. The van der Waals surface area contributed by atoms with Crippen LogP contribution in [0.5, 0.6) is 0 Å². The third-order valence-corrected chi connectivity index (χ3v) is 2.87. The minimum atomic E-state index is 0.109. The predicted molar refractivity (Wildman–Crippen MR) is 63.2 cm³/mol. The Labute approximate surface area is 95.8 Å². The molecule has 1 heterocycles. The number of anilines is 1. The van der Waals surface area contributed by atoms with Crippen molar-refractivity contribution in [2.45, 2.75) is 19.3 Å². The second-order valence-corrected chi connectivity index (χ2v) is 4.17. The molecule has 1 saturated heterocycles. The van der Waals surface area contributed by atoms with Crippen molar-refractivity contribution in [3.63, 3.8) is 0 Å². The van der Waals surface area contributed by atoms with Crippen LogP contribution in [0, 0.1) is 5.92 Å². The normalized spacial score (nSPS) is 17.0. The first-order valence-corrected chi connectivity index (χ1v) is 5.77. The highest BCUT2D eigenvalue weighted by molar-refractivity contribution is 5.90. The molecule has 0 aliphatic carbocycles. The van der Waals surface area contributed by atoms with Gasteiger partial charge in [-0.2, -0.15) is 0 Å². The van der Waals surface area contributed by atoms with Crippen LogP contribution in [-0.2, 0) is 9.53 Å². The second kappa shape index (κ2) is 5.66. The molecule has 0 bridgehead atoms. The van der Waals surface area contributed by atoms with E-state index < -0.39 is 0 Å². The average Bonchev–Trinajstić information content (AvgIpc) is 2.31. The van der Waals surface area contributed by atoms with Gasteiger partial charge in [-0.1, -0.05) is 18.2 Å². The van der Waals surface area contributed by atoms with Crippen LogP contribution in [0.25, 0.3) is 0 Å². The first-order valence-electron chi connectivity index (χ1n) is 5.77. The van der Waals surface area contributed by atoms with E-state index >= 15 is 0 Å². The van der Waals surface area contributed by atoms with Gasteiger partial charge in [-0.3, -0.25) is 4.79 Å². The van der Waals surface area contributed by atoms with Crippen molar-refractivity contribution in [1.82, 2.24) is 0 Å². The number of para-hydroxylation sites is 1. The summed E-state index contributed by atoms with van der Waals surface area (Å²) in [7, 11) is 0. The summed E-state index contributed by atoms with van der Waals surface area (Å²) in [5.74, 6) is 0.593. The lowest BCUT2D eigenvalue weighted by Gasteiger charge is -2.21. The van der Waals surface area contributed by atoms with Crippen molar-refractivity contribution < 1.29 is 9.53 Å². The van der Waals surface area contributed by atoms with E-state index in [2.05, 4.69) is 5.32 Å². The smallest absolute Gasteiger partial charge is 0.224 e. The Kier molecular flexibility index (Phi) is 3.94. The van der Waals surface area contributed by atoms with E-state index in [1.807, 2.05) is 30.3 Å². The maximum Gasteiger partial charge on any atom is 0.224 e. The summed E-state index contributed by atoms with van der Waals surface area (Å²) < 4.78 is 5.27. The molecule has 1 aromatic rings. The molecule has 1 aliphatic heterocycles. The van der Waals surface area contributed by atoms with Gasteiger partial charge < -0.3 is 10.1 Å². The van der Waals surface area contributed by atoms with Crippen LogP contribution in [0.15, 0.2) is 30.3 Å². The zero-order chi connectivity index (χ0) is 11.2. The molecule has 0 aromatic heterocycles. The maximum absolute atomic E-state index is 11.7. The minimum Gasteiger partial charge on any atom is -0.381 e. The van der Waals surface area contributed by atoms with E-state index in [9.17, 15) is 4.79 Å². The van der Waals surface area contributed by atoms with Gasteiger partial charge in [0.2, 0.25) is 5.91 Å². The zero-order valence-electron chi connectivity index (χ0n) is 9.32. The molecule has 1 aliphatic rings. The Hall–Kier alpha value is -1.35. The molecule has 0 spiro atoms. The van der Waals surface area contributed by atoms with Crippen LogP contribution < -0.4 is 5.32 Å². The van der Waals surface area contributed by atoms with Crippen LogP contribution in [0.1, 0.15) is 19.3 Å². The fourth-order valence-electron chi connectivity index (χ4n) is 1.95. The summed E-state index contributed by atoms with van der Waals surface area (Å²) in [5.41, 5.74) is 0.875. The summed E-state index contributed by atoms with van der Waals surface area (Å²) >= 11 is 0. The number of carbonyl (C=O) groups excluding carboxylic acids is 1. The summed E-state index contributed by atoms with van der Waals surface area (Å²) in [6.07, 6.45) is 2.61. The van der Waals surface area contributed by atoms with Crippen LogP contribution >= 0.6 is 0 Å². The summed E-state index contributed by atoms with van der Waals surface area (Å²) in [4.78, 5) is 11.7. The molecule has 0 atom stereocenters. The lowest BCUT2D eigenvalue weighted by Crippen LogP contribution is -2.22. The van der Waals surface area contributed by atoms with Crippen LogP contribution in [0.2, 0.25) is 0 Å². The number of hydrogen-bond donors (Lipinski definition) is 1. The first kappa shape index (κ1) is 11.1. The summed E-state index contributed by atoms with van der Waals surface area (Å²) in [6, 6.07) is 9.59. The summed E-state index contributed by atoms with van der Waals surface area (Å²) in [5, 5.41) is 2.91. The fraction of sp³-hybridized carbons (Fsp3) is 0.462. The second-order valence-electron chi connectivity index (χ2n) is 4.17. The molecule has 3 nitrogen and oxygen atoms in total. The van der Waals surface area contributed by atoms with Crippen molar-refractivity contribution in [1.29, 1.82) is 0 Å². The van der Waals surface area contributed by atoms with Crippen molar-refractivity contribution in [3.05, 3.63) is 30.3 Å². The topological polar surface area (TPSA) is 38.3 Å². The Bertz CT molecular complexity index is 331. The highest BCUT2D eigenvalue weighted by Crippen LogP contribution is 2.19. The molecule has 1 amide bonds. The molecule has 0 saturated carbocycles. The van der Waals surface area contributed by atoms with Crippen molar-refractivity contribution >= 4 is 11.6 Å². The number of benzene rings is 1. The van der Waals surface area contributed by atoms with Gasteiger partial charge in [0.25, 0.3) is 0 Å². The van der Waals surface area contributed by atoms with Gasteiger partial charge in [-0.25, -0.2) is 0 Å². The minimum absolute atomic E-state index is 0.109. The van der Waals surface area contributed by atoms with E-state index in [0.717, 1.165) is 31.7 Å². The molecular formula is C13H17NO2. The Balaban J connectivity index is 1.80. The monoisotopic (exact) mass is 219 g/mol. The van der Waals surface area contributed by atoms with Crippen LogP contribution in [0.3, 0.4) is 0 Å². The third kappa shape index (κ3) is 3.35. The maximum atomic E-state index is 11.7. The van der Waals surface area contributed by atoms with Crippen LogP contribution in [-0.4, -0.2) is 19.1 Å². The van der Waals surface area contributed by atoms with Gasteiger partial charge in [0.1, 0.15) is 0 Å². The first-order chi connectivity index (χ1) is 7.84. The molecular weight excluding hydrogens is 202 g/mol. The van der Waals surface area contributed by atoms with Crippen molar-refractivity contribution in [2.75, 3.05) is 18.5 Å². The number of rotatable bonds is 3. The molecule has 1 aromatic carbocycles. The number of carbonyl (C=O) groups is 1. The van der Waals surface area contributed by atoms with Gasteiger partial charge in [-0.05, 0) is 30.9 Å².